The average molecular weight is 406 g/mol. The summed E-state index contributed by atoms with van der Waals surface area (Å²) >= 11 is 3.38. The molecule has 128 valence electrons. The first-order chi connectivity index (χ1) is 12.7. The highest BCUT2D eigenvalue weighted by Gasteiger charge is 2.09. The Morgan fingerprint density at radius 3 is 2.73 bits per heavy atom. The first-order valence-electron chi connectivity index (χ1n) is 8.25. The van der Waals surface area contributed by atoms with E-state index in [2.05, 4.69) is 56.7 Å². The summed E-state index contributed by atoms with van der Waals surface area (Å²) in [5.41, 5.74) is 2.47. The minimum absolute atomic E-state index is 0.156. The zero-order valence-corrected chi connectivity index (χ0v) is 15.5. The summed E-state index contributed by atoms with van der Waals surface area (Å²) in [5, 5.41) is 9.68. The van der Waals surface area contributed by atoms with E-state index < -0.39 is 0 Å². The minimum atomic E-state index is -0.156. The molecule has 3 aromatic carbocycles. The van der Waals surface area contributed by atoms with Crippen molar-refractivity contribution in [1.82, 2.24) is 9.78 Å². The van der Waals surface area contributed by atoms with Crippen LogP contribution in [0, 0.1) is 0 Å². The third kappa shape index (κ3) is 3.53. The lowest BCUT2D eigenvalue weighted by Gasteiger charge is -2.06. The molecule has 4 rings (SSSR count). The van der Waals surface area contributed by atoms with E-state index >= 15 is 0 Å². The van der Waals surface area contributed by atoms with Crippen molar-refractivity contribution in [3.05, 3.63) is 94.7 Å². The van der Waals surface area contributed by atoms with E-state index in [9.17, 15) is 4.79 Å². The van der Waals surface area contributed by atoms with Crippen molar-refractivity contribution in [3.63, 3.8) is 0 Å². The number of carbonyl (C=O) groups is 1. The van der Waals surface area contributed by atoms with Crippen LogP contribution < -0.4 is 5.32 Å². The highest BCUT2D eigenvalue weighted by Crippen LogP contribution is 2.20. The van der Waals surface area contributed by atoms with E-state index in [0.717, 1.165) is 4.47 Å². The second-order valence-electron chi connectivity index (χ2n) is 6.03. The van der Waals surface area contributed by atoms with E-state index in [1.54, 1.807) is 18.3 Å². The summed E-state index contributed by atoms with van der Waals surface area (Å²) < 4.78 is 2.70. The van der Waals surface area contributed by atoms with Crippen molar-refractivity contribution in [2.45, 2.75) is 6.54 Å². The number of rotatable bonds is 4. The maximum atomic E-state index is 12.3. The van der Waals surface area contributed by atoms with Gasteiger partial charge in [0.15, 0.2) is 0 Å². The van der Waals surface area contributed by atoms with Crippen LogP contribution in [0.5, 0.6) is 0 Å². The lowest BCUT2D eigenvalue weighted by atomic mass is 10.0. The molecule has 0 saturated carbocycles. The number of nitrogens with one attached hydrogen (secondary N) is 1. The lowest BCUT2D eigenvalue weighted by molar-refractivity contribution is 0.102. The van der Waals surface area contributed by atoms with Crippen molar-refractivity contribution in [2.75, 3.05) is 5.32 Å². The largest absolute Gasteiger partial charge is 0.319 e. The number of benzene rings is 3. The molecule has 0 aliphatic carbocycles. The number of halogens is 1. The molecular weight excluding hydrogens is 390 g/mol. The molecule has 0 bridgehead atoms. The topological polar surface area (TPSA) is 46.9 Å². The van der Waals surface area contributed by atoms with Crippen LogP contribution in [0.25, 0.3) is 10.8 Å². The molecule has 0 unspecified atom stereocenters. The smallest absolute Gasteiger partial charge is 0.255 e. The van der Waals surface area contributed by atoms with Gasteiger partial charge in [-0.05, 0) is 34.5 Å². The molecule has 1 heterocycles. The first-order valence-corrected chi connectivity index (χ1v) is 9.04. The minimum Gasteiger partial charge on any atom is -0.319 e. The Morgan fingerprint density at radius 2 is 1.85 bits per heavy atom. The first kappa shape index (κ1) is 16.5. The van der Waals surface area contributed by atoms with Crippen LogP contribution in [0.2, 0.25) is 0 Å². The molecule has 1 aromatic heterocycles. The van der Waals surface area contributed by atoms with Gasteiger partial charge in [0, 0.05) is 16.2 Å². The summed E-state index contributed by atoms with van der Waals surface area (Å²) in [6.07, 6.45) is 3.51. The van der Waals surface area contributed by atoms with Crippen molar-refractivity contribution >= 4 is 38.3 Å². The zero-order chi connectivity index (χ0) is 17.9. The molecule has 0 radical (unpaired) electrons. The molecule has 0 fully saturated rings. The van der Waals surface area contributed by atoms with Crippen LogP contribution >= 0.6 is 15.9 Å². The normalized spacial score (nSPS) is 10.8. The van der Waals surface area contributed by atoms with E-state index in [4.69, 9.17) is 0 Å². The van der Waals surface area contributed by atoms with Gasteiger partial charge in [0.1, 0.15) is 0 Å². The van der Waals surface area contributed by atoms with Gasteiger partial charge < -0.3 is 5.32 Å². The van der Waals surface area contributed by atoms with Gasteiger partial charge in [-0.25, -0.2) is 0 Å². The molecule has 4 aromatic rings. The van der Waals surface area contributed by atoms with Crippen molar-refractivity contribution in [2.24, 2.45) is 0 Å². The standard InChI is InChI=1S/C21H16BrN3O/c22-18-9-4-7-16(11-18)21(26)24-19-12-23-25(14-19)13-17-8-3-6-15-5-1-2-10-20(15)17/h1-12,14H,13H2,(H,24,26). The third-order valence-electron chi connectivity index (χ3n) is 4.19. The molecule has 4 nitrogen and oxygen atoms in total. The van der Waals surface area contributed by atoms with Crippen LogP contribution in [-0.4, -0.2) is 15.7 Å². The highest BCUT2D eigenvalue weighted by atomic mass is 79.9. The lowest BCUT2D eigenvalue weighted by Crippen LogP contribution is -2.11. The molecule has 0 aliphatic rings. The maximum absolute atomic E-state index is 12.3. The van der Waals surface area contributed by atoms with Gasteiger partial charge in [-0.15, -0.1) is 0 Å². The maximum Gasteiger partial charge on any atom is 0.255 e. The van der Waals surface area contributed by atoms with Crippen LogP contribution in [0.3, 0.4) is 0 Å². The van der Waals surface area contributed by atoms with Gasteiger partial charge in [-0.3, -0.25) is 9.48 Å². The average Bonchev–Trinajstić information content (AvgIpc) is 3.09. The number of carbonyl (C=O) groups excluding carboxylic acids is 1. The monoisotopic (exact) mass is 405 g/mol. The molecule has 0 aliphatic heterocycles. The molecule has 1 N–H and O–H groups in total. The van der Waals surface area contributed by atoms with E-state index in [1.807, 2.05) is 35.1 Å². The Morgan fingerprint density at radius 1 is 1.04 bits per heavy atom. The Kier molecular flexibility index (Phi) is 4.54. The van der Waals surface area contributed by atoms with Crippen molar-refractivity contribution < 1.29 is 4.79 Å². The fourth-order valence-electron chi connectivity index (χ4n) is 2.95. The Hall–Kier alpha value is -2.92. The zero-order valence-electron chi connectivity index (χ0n) is 13.9. The van der Waals surface area contributed by atoms with Gasteiger partial charge >= 0.3 is 0 Å². The molecule has 26 heavy (non-hydrogen) atoms. The molecule has 5 heteroatoms. The number of nitrogens with zero attached hydrogens (tertiary/aromatic N) is 2. The van der Waals surface area contributed by atoms with Gasteiger partial charge in [-0.2, -0.15) is 5.10 Å². The number of fused-ring (bicyclic) bond motifs is 1. The fourth-order valence-corrected chi connectivity index (χ4v) is 3.35. The van der Waals surface area contributed by atoms with Gasteiger partial charge in [0.2, 0.25) is 0 Å². The summed E-state index contributed by atoms with van der Waals surface area (Å²) in [6, 6.07) is 21.8. The molecule has 0 atom stereocenters. The molecule has 0 saturated heterocycles. The third-order valence-corrected chi connectivity index (χ3v) is 4.68. The number of hydrogen-bond acceptors (Lipinski definition) is 2. The van der Waals surface area contributed by atoms with Crippen LogP contribution in [0.4, 0.5) is 5.69 Å². The SMILES string of the molecule is O=C(Nc1cnn(Cc2cccc3ccccc23)c1)c1cccc(Br)c1. The molecule has 1 amide bonds. The fraction of sp³-hybridized carbons (Fsp3) is 0.0476. The number of hydrogen-bond donors (Lipinski definition) is 1. The predicted octanol–water partition coefficient (Wildman–Crippen LogP) is 5.10. The quantitative estimate of drug-likeness (QED) is 0.513. The molecule has 0 spiro atoms. The summed E-state index contributed by atoms with van der Waals surface area (Å²) in [7, 11) is 0. The van der Waals surface area contributed by atoms with Crippen LogP contribution in [0.15, 0.2) is 83.6 Å². The van der Waals surface area contributed by atoms with Gasteiger partial charge in [0.05, 0.1) is 18.4 Å². The second-order valence-corrected chi connectivity index (χ2v) is 6.95. The van der Waals surface area contributed by atoms with E-state index in [0.29, 0.717) is 17.8 Å². The number of aromatic nitrogens is 2. The van der Waals surface area contributed by atoms with E-state index in [-0.39, 0.29) is 5.91 Å². The van der Waals surface area contributed by atoms with Gasteiger partial charge in [0.25, 0.3) is 5.91 Å². The Balaban J connectivity index is 1.52. The van der Waals surface area contributed by atoms with E-state index in [1.165, 1.54) is 16.3 Å². The highest BCUT2D eigenvalue weighted by molar-refractivity contribution is 9.10. The number of anilines is 1. The van der Waals surface area contributed by atoms with Crippen LogP contribution in [-0.2, 0) is 6.54 Å². The van der Waals surface area contributed by atoms with Crippen LogP contribution in [0.1, 0.15) is 15.9 Å². The summed E-state index contributed by atoms with van der Waals surface area (Å²) in [4.78, 5) is 12.3. The Bertz CT molecular complexity index is 1080. The number of amides is 1. The Labute approximate surface area is 159 Å². The molecular formula is C21H16BrN3O. The second kappa shape index (κ2) is 7.14. The van der Waals surface area contributed by atoms with Gasteiger partial charge in [-0.1, -0.05) is 64.5 Å². The summed E-state index contributed by atoms with van der Waals surface area (Å²) in [5.74, 6) is -0.156. The van der Waals surface area contributed by atoms with Crippen molar-refractivity contribution in [1.29, 1.82) is 0 Å². The summed E-state index contributed by atoms with van der Waals surface area (Å²) in [6.45, 7) is 0.647. The van der Waals surface area contributed by atoms with Crippen molar-refractivity contribution in [3.8, 4) is 0 Å². The predicted molar refractivity (Wildman–Crippen MR) is 107 cm³/mol.